The molecule has 3 N–H and O–H groups in total. The van der Waals surface area contributed by atoms with Crippen molar-refractivity contribution in [2.75, 3.05) is 11.1 Å². The van der Waals surface area contributed by atoms with Crippen LogP contribution in [0, 0.1) is 6.92 Å². The number of aryl methyl sites for hydroxylation is 1. The van der Waals surface area contributed by atoms with Gasteiger partial charge in [0.1, 0.15) is 9.71 Å². The van der Waals surface area contributed by atoms with Gasteiger partial charge in [0.25, 0.3) is 5.91 Å². The number of carbonyl (C=O) groups is 1. The normalized spacial score (nSPS) is 11.1. The second-order valence-corrected chi connectivity index (χ2v) is 10.3. The molecule has 2 aromatic heterocycles. The Hall–Kier alpha value is -3.09. The van der Waals surface area contributed by atoms with Crippen molar-refractivity contribution < 1.29 is 4.79 Å². The lowest BCUT2D eigenvalue weighted by Gasteiger charge is -2.09. The number of pyridine rings is 1. The summed E-state index contributed by atoms with van der Waals surface area (Å²) in [5, 5.41) is 5.47. The van der Waals surface area contributed by atoms with Gasteiger partial charge in [0, 0.05) is 31.7 Å². The van der Waals surface area contributed by atoms with Crippen LogP contribution in [0.15, 0.2) is 72.8 Å². The monoisotopic (exact) mass is 537 g/mol. The van der Waals surface area contributed by atoms with E-state index in [1.807, 2.05) is 67.6 Å². The van der Waals surface area contributed by atoms with E-state index in [1.54, 1.807) is 12.1 Å². The summed E-state index contributed by atoms with van der Waals surface area (Å²) in [6.45, 7) is 1.90. The number of halogens is 3. The van der Waals surface area contributed by atoms with Gasteiger partial charge in [-0.3, -0.25) is 4.79 Å². The Balaban J connectivity index is 1.65. The summed E-state index contributed by atoms with van der Waals surface area (Å²) in [5.74, 6) is -0.319. The molecule has 0 saturated carbocycles. The van der Waals surface area contributed by atoms with Crippen LogP contribution in [0.4, 0.5) is 11.4 Å². The van der Waals surface area contributed by atoms with Gasteiger partial charge in [-0.25, -0.2) is 4.98 Å². The minimum absolute atomic E-state index is 0.319. The summed E-state index contributed by atoms with van der Waals surface area (Å²) in [7, 11) is 0. The minimum Gasteiger partial charge on any atom is -0.397 e. The van der Waals surface area contributed by atoms with Gasteiger partial charge in [-0.1, -0.05) is 65.1 Å². The zero-order valence-corrected chi connectivity index (χ0v) is 21.5. The molecule has 5 rings (SSSR count). The summed E-state index contributed by atoms with van der Waals surface area (Å²) >= 11 is 19.7. The second kappa shape index (κ2) is 9.51. The fraction of sp³-hybridized carbons (Fsp3) is 0.0370. The number of thiophene rings is 1. The molecule has 5 aromatic rings. The molecule has 8 heteroatoms. The van der Waals surface area contributed by atoms with Crippen LogP contribution in [0.25, 0.3) is 32.6 Å². The van der Waals surface area contributed by atoms with Gasteiger partial charge in [-0.2, -0.15) is 0 Å². The average molecular weight is 539 g/mol. The Labute approximate surface area is 221 Å². The van der Waals surface area contributed by atoms with E-state index in [0.29, 0.717) is 36.2 Å². The topological polar surface area (TPSA) is 68.0 Å². The molecule has 4 nitrogen and oxygen atoms in total. The van der Waals surface area contributed by atoms with Gasteiger partial charge in [0.05, 0.1) is 11.4 Å². The number of amides is 1. The van der Waals surface area contributed by atoms with Crippen molar-refractivity contribution >= 4 is 73.6 Å². The third-order valence-electron chi connectivity index (χ3n) is 5.63. The van der Waals surface area contributed by atoms with Crippen LogP contribution in [0.3, 0.4) is 0 Å². The molecule has 0 aliphatic carbocycles. The third kappa shape index (κ3) is 4.73. The number of nitrogens with two attached hydrogens (primary N) is 1. The number of nitrogens with zero attached hydrogens (tertiary/aromatic N) is 1. The van der Waals surface area contributed by atoms with Crippen molar-refractivity contribution in [3.05, 3.63) is 98.3 Å². The molecule has 1 amide bonds. The van der Waals surface area contributed by atoms with Crippen molar-refractivity contribution in [1.29, 1.82) is 0 Å². The summed E-state index contributed by atoms with van der Waals surface area (Å²) in [6, 6.07) is 22.3. The van der Waals surface area contributed by atoms with E-state index in [1.165, 1.54) is 11.3 Å². The maximum atomic E-state index is 13.2. The predicted molar refractivity (Wildman–Crippen MR) is 149 cm³/mol. The van der Waals surface area contributed by atoms with E-state index >= 15 is 0 Å². The minimum atomic E-state index is -0.319. The fourth-order valence-corrected chi connectivity index (χ4v) is 5.22. The highest BCUT2D eigenvalue weighted by Gasteiger charge is 2.22. The van der Waals surface area contributed by atoms with Crippen LogP contribution in [-0.2, 0) is 0 Å². The third-order valence-corrected chi connectivity index (χ3v) is 7.64. The number of hydrogen-bond donors (Lipinski definition) is 2. The number of rotatable bonds is 4. The zero-order valence-electron chi connectivity index (χ0n) is 18.4. The van der Waals surface area contributed by atoms with E-state index in [0.717, 1.165) is 33.3 Å². The Morgan fingerprint density at radius 2 is 1.51 bits per heavy atom. The number of anilines is 2. The summed E-state index contributed by atoms with van der Waals surface area (Å²) in [5.41, 5.74) is 11.9. The lowest BCUT2D eigenvalue weighted by atomic mass is 9.99. The number of carbonyl (C=O) groups excluding carboxylic acids is 1. The first-order valence-electron chi connectivity index (χ1n) is 10.6. The SMILES string of the molecule is Cc1ccc(NC(=O)c2sc3nc(-c4ccc(Cl)cc4)cc(-c4ccc(Cl)cc4)c3c2N)cc1Cl. The van der Waals surface area contributed by atoms with Crippen LogP contribution in [-0.4, -0.2) is 10.9 Å². The maximum Gasteiger partial charge on any atom is 0.267 e. The molecular formula is C27H18Cl3N3OS. The summed E-state index contributed by atoms with van der Waals surface area (Å²) < 4.78 is 0. The Morgan fingerprint density at radius 3 is 2.14 bits per heavy atom. The highest BCUT2D eigenvalue weighted by atomic mass is 35.5. The maximum absolute atomic E-state index is 13.2. The molecule has 0 aliphatic rings. The van der Waals surface area contributed by atoms with Crippen LogP contribution < -0.4 is 11.1 Å². The van der Waals surface area contributed by atoms with Gasteiger partial charge in [0.15, 0.2) is 0 Å². The van der Waals surface area contributed by atoms with Gasteiger partial charge >= 0.3 is 0 Å². The quantitative estimate of drug-likeness (QED) is 0.240. The number of aromatic nitrogens is 1. The largest absolute Gasteiger partial charge is 0.397 e. The van der Waals surface area contributed by atoms with Crippen molar-refractivity contribution in [3.63, 3.8) is 0 Å². The molecule has 0 atom stereocenters. The van der Waals surface area contributed by atoms with Gasteiger partial charge in [0.2, 0.25) is 0 Å². The molecule has 0 bridgehead atoms. The Kier molecular flexibility index (Phi) is 6.43. The highest BCUT2D eigenvalue weighted by Crippen LogP contribution is 2.42. The lowest BCUT2D eigenvalue weighted by molar-refractivity contribution is 0.103. The number of nitrogens with one attached hydrogen (secondary N) is 1. The van der Waals surface area contributed by atoms with Gasteiger partial charge in [-0.05, 0) is 66.1 Å². The molecule has 3 aromatic carbocycles. The molecule has 174 valence electrons. The van der Waals surface area contributed by atoms with E-state index in [2.05, 4.69) is 5.32 Å². The lowest BCUT2D eigenvalue weighted by Crippen LogP contribution is -2.12. The van der Waals surface area contributed by atoms with Crippen molar-refractivity contribution in [2.24, 2.45) is 0 Å². The molecule has 0 fully saturated rings. The summed E-state index contributed by atoms with van der Waals surface area (Å²) in [6.07, 6.45) is 0. The Bertz CT molecular complexity index is 1580. The second-order valence-electron chi connectivity index (χ2n) is 8.01. The van der Waals surface area contributed by atoms with Crippen LogP contribution in [0.1, 0.15) is 15.2 Å². The first-order chi connectivity index (χ1) is 16.8. The molecule has 0 spiro atoms. The van der Waals surface area contributed by atoms with E-state index in [-0.39, 0.29) is 5.91 Å². The van der Waals surface area contributed by atoms with Crippen LogP contribution in [0.5, 0.6) is 0 Å². The molecular weight excluding hydrogens is 521 g/mol. The fourth-order valence-electron chi connectivity index (χ4n) is 3.77. The number of fused-ring (bicyclic) bond motifs is 1. The number of nitrogen functional groups attached to an aromatic ring is 1. The van der Waals surface area contributed by atoms with Crippen molar-refractivity contribution in [2.45, 2.75) is 6.92 Å². The predicted octanol–water partition coefficient (Wildman–Crippen LogP) is 8.73. The van der Waals surface area contributed by atoms with Gasteiger partial charge in [-0.15, -0.1) is 11.3 Å². The van der Waals surface area contributed by atoms with E-state index in [9.17, 15) is 4.79 Å². The molecule has 0 radical (unpaired) electrons. The number of benzene rings is 3. The van der Waals surface area contributed by atoms with Gasteiger partial charge < -0.3 is 11.1 Å². The first kappa shape index (κ1) is 23.6. The summed E-state index contributed by atoms with van der Waals surface area (Å²) in [4.78, 5) is 19.1. The number of hydrogen-bond acceptors (Lipinski definition) is 4. The first-order valence-corrected chi connectivity index (χ1v) is 12.6. The Morgan fingerprint density at radius 1 is 0.886 bits per heavy atom. The molecule has 0 saturated heterocycles. The molecule has 35 heavy (non-hydrogen) atoms. The molecule has 0 unspecified atom stereocenters. The van der Waals surface area contributed by atoms with Crippen LogP contribution >= 0.6 is 46.1 Å². The molecule has 2 heterocycles. The van der Waals surface area contributed by atoms with E-state index in [4.69, 9.17) is 45.5 Å². The van der Waals surface area contributed by atoms with Crippen LogP contribution in [0.2, 0.25) is 15.1 Å². The van der Waals surface area contributed by atoms with E-state index < -0.39 is 0 Å². The standard InChI is InChI=1S/C27H18Cl3N3OS/c1-14-2-11-19(12-21(14)30)32-26(34)25-24(31)23-20(15-3-7-17(28)8-4-15)13-22(33-27(23)35-25)16-5-9-18(29)10-6-16/h2-13H,31H2,1H3,(H,32,34). The zero-order chi connectivity index (χ0) is 24.7. The van der Waals surface area contributed by atoms with Crippen molar-refractivity contribution in [3.8, 4) is 22.4 Å². The smallest absolute Gasteiger partial charge is 0.267 e. The average Bonchev–Trinajstić information content (AvgIpc) is 3.18. The molecule has 0 aliphatic heterocycles. The van der Waals surface area contributed by atoms with Crippen molar-refractivity contribution in [1.82, 2.24) is 4.98 Å². The highest BCUT2D eigenvalue weighted by molar-refractivity contribution is 7.21.